The molecule has 3 saturated carbocycles. The molecule has 3 aromatic rings. The zero-order valence-electron chi connectivity index (χ0n) is 37.1. The number of ketones is 1. The highest BCUT2D eigenvalue weighted by molar-refractivity contribution is 5.95. The van der Waals surface area contributed by atoms with Crippen LogP contribution in [0.5, 0.6) is 11.5 Å². The number of ether oxygens (including phenoxy) is 4. The number of carboxylic acid groups (broad SMARTS) is 1. The van der Waals surface area contributed by atoms with Crippen LogP contribution in [-0.2, 0) is 28.7 Å². The van der Waals surface area contributed by atoms with Gasteiger partial charge in [0.2, 0.25) is 5.91 Å². The summed E-state index contributed by atoms with van der Waals surface area (Å²) < 4.78 is 26.1. The molecule has 0 radical (unpaired) electrons. The van der Waals surface area contributed by atoms with Gasteiger partial charge in [0.25, 0.3) is 0 Å². The minimum absolute atomic E-state index is 0.0756. The number of esters is 1. The molecule has 2 unspecified atom stereocenters. The van der Waals surface area contributed by atoms with E-state index >= 15 is 0 Å². The summed E-state index contributed by atoms with van der Waals surface area (Å²) in [5.41, 5.74) is -1.17. The number of carboxylic acids is 1. The molecule has 15 heteroatoms. The fraction of sp³-hybridized carbons (Fsp3) is 0.660. The second-order valence-electron chi connectivity index (χ2n) is 19.8. The number of aromatic nitrogens is 3. The lowest BCUT2D eigenvalue weighted by Crippen LogP contribution is -2.48. The van der Waals surface area contributed by atoms with Gasteiger partial charge in [-0.05, 0) is 74.8 Å². The highest BCUT2D eigenvalue weighted by Crippen LogP contribution is 2.58. The van der Waals surface area contributed by atoms with E-state index in [-0.39, 0.29) is 55.6 Å². The molecule has 5 fully saturated rings. The number of anilines is 1. The Bertz CT molecular complexity index is 2130. The SMILES string of the molecule is CC[C@@H]1C[C@]1(CC(=O)[C@@H]1C[C@@H](Oc2cc(-n3ccc(NC(C)C)n3)nc3cc(OCCN4CCOCC4)ccc23)CN1C(=O)C(CC(=O)OC1C[C@@H]2C[C@@H]2C1)C(C)(C)C)C(=O)O. The molecule has 0 spiro atoms. The van der Waals surface area contributed by atoms with Crippen LogP contribution in [0.3, 0.4) is 0 Å². The van der Waals surface area contributed by atoms with Crippen LogP contribution in [0.2, 0.25) is 0 Å². The summed E-state index contributed by atoms with van der Waals surface area (Å²) in [5.74, 6) is 0.720. The van der Waals surface area contributed by atoms with Crippen molar-refractivity contribution in [3.8, 4) is 17.3 Å². The second-order valence-corrected chi connectivity index (χ2v) is 19.8. The maximum absolute atomic E-state index is 14.9. The van der Waals surface area contributed by atoms with E-state index < -0.39 is 40.8 Å². The number of Topliss-reactive ketones (excluding diaryl/α,β-unsaturated/α-hetero) is 1. The second kappa shape index (κ2) is 17.8. The van der Waals surface area contributed by atoms with Crippen molar-refractivity contribution in [3.05, 3.63) is 36.5 Å². The number of carbonyl (C=O) groups is 4. The summed E-state index contributed by atoms with van der Waals surface area (Å²) in [6.45, 7) is 16.3. The Morgan fingerprint density at radius 1 is 1.02 bits per heavy atom. The van der Waals surface area contributed by atoms with Gasteiger partial charge >= 0.3 is 11.9 Å². The molecule has 0 bridgehead atoms. The number of carbonyl (C=O) groups excluding carboxylic acids is 3. The van der Waals surface area contributed by atoms with Crippen molar-refractivity contribution in [2.75, 3.05) is 51.3 Å². The lowest BCUT2D eigenvalue weighted by Gasteiger charge is -2.35. The van der Waals surface area contributed by atoms with Crippen molar-refractivity contribution in [1.29, 1.82) is 0 Å². The quantitative estimate of drug-likeness (QED) is 0.140. The predicted octanol–water partition coefficient (Wildman–Crippen LogP) is 6.15. The van der Waals surface area contributed by atoms with Gasteiger partial charge in [0.1, 0.15) is 36.1 Å². The Balaban J connectivity index is 1.07. The summed E-state index contributed by atoms with van der Waals surface area (Å²) in [7, 11) is 0. The fourth-order valence-electron chi connectivity index (χ4n) is 10.0. The van der Waals surface area contributed by atoms with Gasteiger partial charge in [0, 0.05) is 68.3 Å². The highest BCUT2D eigenvalue weighted by atomic mass is 16.5. The van der Waals surface area contributed by atoms with Gasteiger partial charge < -0.3 is 34.3 Å². The largest absolute Gasteiger partial charge is 0.492 e. The number of benzene rings is 1. The molecule has 2 aliphatic heterocycles. The van der Waals surface area contributed by atoms with E-state index in [9.17, 15) is 24.3 Å². The number of pyridine rings is 1. The average molecular weight is 857 g/mol. The number of morpholine rings is 1. The molecule has 2 aromatic heterocycles. The standard InChI is InChI=1S/C47H64N6O9/c1-7-31-25-47(31,45(57)58)26-39(54)38-22-34(27-52(38)44(56)36(46(4,5)6)23-43(55)62-33-19-29-18-30(29)20-33)61-40-24-42(53-11-10-41(50-53)48-28(2)3)49-37-21-32(8-9-35(37)40)60-17-14-51-12-15-59-16-13-51/h8-11,21,24,28-31,33-34,36,38H,7,12-20,22-23,25-27H2,1-6H3,(H,48,50)(H,57,58)/t29-,30+,31-,33?,34-,36?,38+,47-/m1/s1. The van der Waals surface area contributed by atoms with Crippen molar-refractivity contribution in [3.63, 3.8) is 0 Å². The maximum atomic E-state index is 14.9. The normalized spacial score (nSPS) is 27.5. The predicted molar refractivity (Wildman–Crippen MR) is 231 cm³/mol. The Kier molecular flexibility index (Phi) is 12.6. The number of amides is 1. The fourth-order valence-corrected chi connectivity index (χ4v) is 10.0. The maximum Gasteiger partial charge on any atom is 0.310 e. The van der Waals surface area contributed by atoms with Crippen LogP contribution in [0.4, 0.5) is 5.82 Å². The first-order valence-electron chi connectivity index (χ1n) is 22.7. The molecule has 1 aromatic carbocycles. The van der Waals surface area contributed by atoms with Gasteiger partial charge in [-0.15, -0.1) is 5.10 Å². The molecular weight excluding hydrogens is 793 g/mol. The zero-order chi connectivity index (χ0) is 43.9. The lowest BCUT2D eigenvalue weighted by atomic mass is 9.77. The summed E-state index contributed by atoms with van der Waals surface area (Å²) in [6, 6.07) is 8.60. The van der Waals surface area contributed by atoms with Crippen molar-refractivity contribution in [2.45, 2.75) is 117 Å². The van der Waals surface area contributed by atoms with E-state index in [1.807, 2.05) is 78.1 Å². The van der Waals surface area contributed by atoms with Crippen LogP contribution in [0.25, 0.3) is 16.7 Å². The van der Waals surface area contributed by atoms with Gasteiger partial charge in [0.15, 0.2) is 11.6 Å². The van der Waals surface area contributed by atoms with Gasteiger partial charge in [0.05, 0.1) is 49.1 Å². The number of hydrogen-bond donors (Lipinski definition) is 2. The monoisotopic (exact) mass is 856 g/mol. The minimum Gasteiger partial charge on any atom is -0.492 e. The molecule has 2 saturated heterocycles. The first kappa shape index (κ1) is 43.9. The lowest BCUT2D eigenvalue weighted by molar-refractivity contribution is -0.157. The van der Waals surface area contributed by atoms with Gasteiger partial charge in [-0.3, -0.25) is 24.1 Å². The molecule has 5 aliphatic rings. The first-order valence-corrected chi connectivity index (χ1v) is 22.7. The number of nitrogens with zero attached hydrogens (tertiary/aromatic N) is 5. The molecule has 4 heterocycles. The van der Waals surface area contributed by atoms with Gasteiger partial charge in [-0.25, -0.2) is 9.67 Å². The molecule has 1 amide bonds. The molecule has 2 N–H and O–H groups in total. The number of aliphatic carboxylic acids is 1. The number of rotatable bonds is 18. The Morgan fingerprint density at radius 3 is 2.45 bits per heavy atom. The zero-order valence-corrected chi connectivity index (χ0v) is 37.1. The minimum atomic E-state index is -1.14. The molecule has 3 aliphatic carbocycles. The van der Waals surface area contributed by atoms with E-state index in [0.717, 1.165) is 32.5 Å². The summed E-state index contributed by atoms with van der Waals surface area (Å²) >= 11 is 0. The van der Waals surface area contributed by atoms with Crippen LogP contribution >= 0.6 is 0 Å². The van der Waals surface area contributed by atoms with Gasteiger partial charge in [-0.2, -0.15) is 0 Å². The summed E-state index contributed by atoms with van der Waals surface area (Å²) in [6.07, 6.45) is 4.99. The molecule has 15 nitrogen and oxygen atoms in total. The van der Waals surface area contributed by atoms with Gasteiger partial charge in [-0.1, -0.05) is 34.1 Å². The van der Waals surface area contributed by atoms with Crippen molar-refractivity contribution >= 4 is 40.3 Å². The van der Waals surface area contributed by atoms with Crippen molar-refractivity contribution in [1.82, 2.24) is 24.6 Å². The Hall–Kier alpha value is -4.76. The van der Waals surface area contributed by atoms with Crippen LogP contribution in [0.15, 0.2) is 36.5 Å². The average Bonchev–Trinajstić information content (AvgIpc) is 3.89. The third kappa shape index (κ3) is 9.73. The van der Waals surface area contributed by atoms with Crippen molar-refractivity contribution in [2.24, 2.45) is 34.5 Å². The van der Waals surface area contributed by atoms with Crippen LogP contribution in [0, 0.1) is 34.5 Å². The highest BCUT2D eigenvalue weighted by Gasteiger charge is 2.61. The molecular formula is C47H64N6O9. The molecule has 8 rings (SSSR count). The van der Waals surface area contributed by atoms with Crippen LogP contribution in [-0.4, -0.2) is 124 Å². The summed E-state index contributed by atoms with van der Waals surface area (Å²) in [4.78, 5) is 64.2. The molecule has 62 heavy (non-hydrogen) atoms. The number of likely N-dealkylation sites (tertiary alicyclic amines) is 1. The summed E-state index contributed by atoms with van der Waals surface area (Å²) in [5, 5.41) is 19.1. The Morgan fingerprint density at radius 2 is 1.77 bits per heavy atom. The third-order valence-corrected chi connectivity index (χ3v) is 13.8. The van der Waals surface area contributed by atoms with Crippen LogP contribution < -0.4 is 14.8 Å². The van der Waals surface area contributed by atoms with Crippen LogP contribution in [0.1, 0.15) is 92.9 Å². The Labute approximate surface area is 364 Å². The topological polar surface area (TPSA) is 175 Å². The van der Waals surface area contributed by atoms with Crippen molar-refractivity contribution < 1.29 is 43.2 Å². The number of nitrogens with one attached hydrogen (secondary N) is 1. The van der Waals surface area contributed by atoms with E-state index in [2.05, 4.69) is 10.2 Å². The first-order chi connectivity index (χ1) is 29.6. The van der Waals surface area contributed by atoms with E-state index in [0.29, 0.717) is 78.5 Å². The molecule has 336 valence electrons. The van der Waals surface area contributed by atoms with E-state index in [1.165, 1.54) is 6.42 Å². The molecule has 8 atom stereocenters. The van der Waals surface area contributed by atoms with E-state index in [1.54, 1.807) is 9.58 Å². The smallest absolute Gasteiger partial charge is 0.310 e. The van der Waals surface area contributed by atoms with E-state index in [4.69, 9.17) is 29.0 Å². The number of fused-ring (bicyclic) bond motifs is 2. The third-order valence-electron chi connectivity index (χ3n) is 13.8. The number of hydrogen-bond acceptors (Lipinski definition) is 12.